The number of rotatable bonds is 3. The minimum Gasteiger partial charge on any atom is -0.378 e. The fourth-order valence-corrected chi connectivity index (χ4v) is 3.78. The Morgan fingerprint density at radius 1 is 1.16 bits per heavy atom. The van der Waals surface area contributed by atoms with E-state index in [-0.39, 0.29) is 0 Å². The molecule has 3 fully saturated rings. The molecule has 0 bridgehead atoms. The molecule has 3 saturated heterocycles. The predicted octanol–water partition coefficient (Wildman–Crippen LogP) is 0.781. The van der Waals surface area contributed by atoms with Gasteiger partial charge in [-0.1, -0.05) is 0 Å². The van der Waals surface area contributed by atoms with Gasteiger partial charge in [0.05, 0.1) is 19.3 Å². The van der Waals surface area contributed by atoms with Gasteiger partial charge < -0.3 is 15.0 Å². The molecular weight excluding hydrogens is 238 g/mol. The van der Waals surface area contributed by atoms with Crippen molar-refractivity contribution >= 4 is 0 Å². The molecule has 1 atom stereocenters. The quantitative estimate of drug-likeness (QED) is 0.818. The van der Waals surface area contributed by atoms with Gasteiger partial charge in [-0.15, -0.1) is 0 Å². The summed E-state index contributed by atoms with van der Waals surface area (Å²) in [7, 11) is 0. The van der Waals surface area contributed by atoms with Gasteiger partial charge in [-0.05, 0) is 39.2 Å². The molecule has 3 heterocycles. The molecule has 0 aromatic rings. The summed E-state index contributed by atoms with van der Waals surface area (Å²) in [5, 5.41) is 3.62. The maximum absolute atomic E-state index is 5.30. The molecule has 0 saturated carbocycles. The molecule has 0 aliphatic carbocycles. The lowest BCUT2D eigenvalue weighted by atomic mass is 9.84. The van der Waals surface area contributed by atoms with Crippen molar-refractivity contribution in [2.24, 2.45) is 5.92 Å². The third-order valence-corrected chi connectivity index (χ3v) is 5.02. The van der Waals surface area contributed by atoms with Crippen LogP contribution in [0.25, 0.3) is 0 Å². The number of hydrogen-bond acceptors (Lipinski definition) is 4. The summed E-state index contributed by atoms with van der Waals surface area (Å²) in [6.07, 6.45) is 2.67. The van der Waals surface area contributed by atoms with Crippen molar-refractivity contribution < 1.29 is 4.74 Å². The Hall–Kier alpha value is -0.160. The van der Waals surface area contributed by atoms with E-state index in [0.717, 1.165) is 25.2 Å². The molecule has 0 amide bonds. The van der Waals surface area contributed by atoms with Gasteiger partial charge in [0.25, 0.3) is 0 Å². The first-order chi connectivity index (χ1) is 9.12. The molecule has 4 nitrogen and oxygen atoms in total. The first-order valence-corrected chi connectivity index (χ1v) is 7.92. The highest BCUT2D eigenvalue weighted by molar-refractivity contribution is 4.88. The van der Waals surface area contributed by atoms with E-state index in [1.54, 1.807) is 0 Å². The van der Waals surface area contributed by atoms with E-state index in [1.807, 2.05) is 0 Å². The average Bonchev–Trinajstić information content (AvgIpc) is 2.28. The summed E-state index contributed by atoms with van der Waals surface area (Å²) in [6.45, 7) is 14.1. The Morgan fingerprint density at radius 3 is 2.47 bits per heavy atom. The Labute approximate surface area is 117 Å². The third-order valence-electron chi connectivity index (χ3n) is 5.02. The number of ether oxygens (including phenoxy) is 1. The van der Waals surface area contributed by atoms with Crippen LogP contribution in [0.3, 0.4) is 0 Å². The number of hydrogen-bond donors (Lipinski definition) is 1. The van der Waals surface area contributed by atoms with Crippen molar-refractivity contribution in [2.75, 3.05) is 52.5 Å². The van der Waals surface area contributed by atoms with E-state index < -0.39 is 0 Å². The minimum absolute atomic E-state index is 0.341. The van der Waals surface area contributed by atoms with Gasteiger partial charge in [0.15, 0.2) is 0 Å². The third kappa shape index (κ3) is 3.48. The zero-order valence-electron chi connectivity index (χ0n) is 12.5. The summed E-state index contributed by atoms with van der Waals surface area (Å²) in [6, 6.07) is 0.722. The Bertz CT molecular complexity index is 296. The molecule has 3 rings (SSSR count). The van der Waals surface area contributed by atoms with Gasteiger partial charge in [0, 0.05) is 38.3 Å². The highest BCUT2D eigenvalue weighted by Crippen LogP contribution is 2.25. The fourth-order valence-electron chi connectivity index (χ4n) is 3.78. The largest absolute Gasteiger partial charge is 0.378 e. The zero-order chi connectivity index (χ0) is 13.3. The van der Waals surface area contributed by atoms with Gasteiger partial charge >= 0.3 is 0 Å². The number of nitrogens with one attached hydrogen (secondary N) is 1. The van der Waals surface area contributed by atoms with Crippen LogP contribution in [0.15, 0.2) is 0 Å². The minimum atomic E-state index is 0.341. The smallest absolute Gasteiger partial charge is 0.0645 e. The summed E-state index contributed by atoms with van der Waals surface area (Å²) in [4.78, 5) is 5.30. The van der Waals surface area contributed by atoms with Gasteiger partial charge in [-0.25, -0.2) is 0 Å². The second-order valence-corrected chi connectivity index (χ2v) is 7.20. The summed E-state index contributed by atoms with van der Waals surface area (Å²) < 4.78 is 5.30. The molecule has 3 aliphatic rings. The predicted molar refractivity (Wildman–Crippen MR) is 77.4 cm³/mol. The first-order valence-electron chi connectivity index (χ1n) is 7.92. The van der Waals surface area contributed by atoms with Crippen molar-refractivity contribution in [2.45, 2.75) is 38.3 Å². The second kappa shape index (κ2) is 5.68. The van der Waals surface area contributed by atoms with Gasteiger partial charge in [-0.2, -0.15) is 0 Å². The van der Waals surface area contributed by atoms with Crippen molar-refractivity contribution in [3.05, 3.63) is 0 Å². The van der Waals surface area contributed by atoms with Gasteiger partial charge in [0.2, 0.25) is 0 Å². The maximum Gasteiger partial charge on any atom is 0.0645 e. The molecule has 0 aromatic heterocycles. The molecule has 0 unspecified atom stereocenters. The molecular formula is C15H29N3O. The van der Waals surface area contributed by atoms with Crippen molar-refractivity contribution in [1.82, 2.24) is 15.1 Å². The summed E-state index contributed by atoms with van der Waals surface area (Å²) in [5.74, 6) is 0.884. The van der Waals surface area contributed by atoms with Crippen LogP contribution in [-0.2, 0) is 4.74 Å². The highest BCUT2D eigenvalue weighted by atomic mass is 16.5. The topological polar surface area (TPSA) is 27.7 Å². The summed E-state index contributed by atoms with van der Waals surface area (Å²) in [5.41, 5.74) is 0.341. The number of piperidine rings is 1. The molecule has 0 aromatic carbocycles. The maximum atomic E-state index is 5.30. The van der Waals surface area contributed by atoms with Crippen LogP contribution >= 0.6 is 0 Å². The molecule has 4 heteroatoms. The lowest BCUT2D eigenvalue weighted by molar-refractivity contribution is -0.0780. The SMILES string of the molecule is CC1(C)C[C@H](CN2CCN(C3COC3)CC2)CCN1. The summed E-state index contributed by atoms with van der Waals surface area (Å²) >= 11 is 0. The highest BCUT2D eigenvalue weighted by Gasteiger charge is 2.31. The van der Waals surface area contributed by atoms with E-state index in [0.29, 0.717) is 5.54 Å². The van der Waals surface area contributed by atoms with E-state index in [9.17, 15) is 0 Å². The fraction of sp³-hybridized carbons (Fsp3) is 1.00. The van der Waals surface area contributed by atoms with Crippen molar-refractivity contribution in [3.8, 4) is 0 Å². The second-order valence-electron chi connectivity index (χ2n) is 7.20. The van der Waals surface area contributed by atoms with E-state index in [4.69, 9.17) is 4.74 Å². The average molecular weight is 267 g/mol. The van der Waals surface area contributed by atoms with Crippen LogP contribution in [0.5, 0.6) is 0 Å². The van der Waals surface area contributed by atoms with Crippen molar-refractivity contribution in [1.29, 1.82) is 0 Å². The lowest BCUT2D eigenvalue weighted by Crippen LogP contribution is -2.57. The van der Waals surface area contributed by atoms with E-state index >= 15 is 0 Å². The molecule has 1 N–H and O–H groups in total. The van der Waals surface area contributed by atoms with E-state index in [1.165, 1.54) is 52.1 Å². The van der Waals surface area contributed by atoms with Crippen LogP contribution in [-0.4, -0.2) is 73.9 Å². The van der Waals surface area contributed by atoms with Crippen LogP contribution < -0.4 is 5.32 Å². The number of piperazine rings is 1. The van der Waals surface area contributed by atoms with Crippen LogP contribution in [0.4, 0.5) is 0 Å². The zero-order valence-corrected chi connectivity index (χ0v) is 12.5. The molecule has 110 valence electrons. The van der Waals surface area contributed by atoms with Crippen LogP contribution in [0.2, 0.25) is 0 Å². The molecule has 3 aliphatic heterocycles. The standard InChI is InChI=1S/C15H29N3O/c1-15(2)9-13(3-4-16-15)10-17-5-7-18(8-6-17)14-11-19-12-14/h13-14,16H,3-12H2,1-2H3/t13-/m1/s1. The van der Waals surface area contributed by atoms with Crippen LogP contribution in [0.1, 0.15) is 26.7 Å². The van der Waals surface area contributed by atoms with Gasteiger partial charge in [-0.3, -0.25) is 4.90 Å². The molecule has 19 heavy (non-hydrogen) atoms. The Morgan fingerprint density at radius 2 is 1.89 bits per heavy atom. The molecule has 0 spiro atoms. The van der Waals surface area contributed by atoms with Gasteiger partial charge in [0.1, 0.15) is 0 Å². The number of nitrogens with zero attached hydrogens (tertiary/aromatic N) is 2. The van der Waals surface area contributed by atoms with Crippen LogP contribution in [0, 0.1) is 5.92 Å². The Kier molecular flexibility index (Phi) is 4.13. The first kappa shape index (κ1) is 13.8. The normalized spacial score (nSPS) is 34.1. The van der Waals surface area contributed by atoms with E-state index in [2.05, 4.69) is 29.0 Å². The lowest BCUT2D eigenvalue weighted by Gasteiger charge is -2.44. The Balaban J connectivity index is 1.41. The van der Waals surface area contributed by atoms with Crippen molar-refractivity contribution in [3.63, 3.8) is 0 Å². The monoisotopic (exact) mass is 267 g/mol. The molecule has 0 radical (unpaired) electrons.